The lowest BCUT2D eigenvalue weighted by molar-refractivity contribution is 0.0143. The fourth-order valence-electron chi connectivity index (χ4n) is 1.84. The van der Waals surface area contributed by atoms with Crippen LogP contribution in [0.2, 0.25) is 6.32 Å². The monoisotopic (exact) mass is 184 g/mol. The quantitative estimate of drug-likeness (QED) is 0.627. The first-order chi connectivity index (χ1) is 6.13. The van der Waals surface area contributed by atoms with Gasteiger partial charge in [-0.3, -0.25) is 0 Å². The molecule has 1 aliphatic heterocycles. The van der Waals surface area contributed by atoms with E-state index in [4.69, 9.17) is 9.31 Å². The topological polar surface area (TPSA) is 18.5 Å². The van der Waals surface area contributed by atoms with Gasteiger partial charge in [0.1, 0.15) is 0 Å². The van der Waals surface area contributed by atoms with E-state index >= 15 is 0 Å². The Kier molecular flexibility index (Phi) is 4.27. The van der Waals surface area contributed by atoms with E-state index in [0.29, 0.717) is 12.0 Å². The summed E-state index contributed by atoms with van der Waals surface area (Å²) in [4.78, 5) is 0. The van der Waals surface area contributed by atoms with Crippen LogP contribution in [-0.4, -0.2) is 19.8 Å². The highest BCUT2D eigenvalue weighted by Crippen LogP contribution is 2.24. The van der Waals surface area contributed by atoms with Crippen molar-refractivity contribution in [2.75, 3.05) is 6.61 Å². The van der Waals surface area contributed by atoms with Crippen molar-refractivity contribution in [3.63, 3.8) is 0 Å². The van der Waals surface area contributed by atoms with Crippen molar-refractivity contribution in [1.29, 1.82) is 0 Å². The molecule has 1 rings (SSSR count). The van der Waals surface area contributed by atoms with Crippen molar-refractivity contribution in [1.82, 2.24) is 0 Å². The van der Waals surface area contributed by atoms with Crippen molar-refractivity contribution >= 4 is 7.12 Å². The fraction of sp³-hybridized carbons (Fsp3) is 1.00. The molecule has 0 aliphatic carbocycles. The second kappa shape index (κ2) is 5.01. The predicted octanol–water partition coefficient (Wildman–Crippen LogP) is 2.59. The number of hydrogen-bond donors (Lipinski definition) is 0. The van der Waals surface area contributed by atoms with E-state index in [2.05, 4.69) is 27.7 Å². The molecular formula is C10H21BO2. The third-order valence-corrected chi connectivity index (χ3v) is 2.63. The van der Waals surface area contributed by atoms with E-state index in [0.717, 1.165) is 18.8 Å². The Hall–Kier alpha value is -0.0151. The lowest BCUT2D eigenvalue weighted by Gasteiger charge is -2.33. The highest BCUT2D eigenvalue weighted by atomic mass is 16.6. The van der Waals surface area contributed by atoms with E-state index in [1.165, 1.54) is 6.42 Å². The minimum atomic E-state index is 0.0402. The molecule has 1 aliphatic rings. The first kappa shape index (κ1) is 11.1. The Morgan fingerprint density at radius 2 is 2.15 bits per heavy atom. The summed E-state index contributed by atoms with van der Waals surface area (Å²) in [5.74, 6) is 1.32. The van der Waals surface area contributed by atoms with Gasteiger partial charge in [-0.15, -0.1) is 0 Å². The summed E-state index contributed by atoms with van der Waals surface area (Å²) in [5.41, 5.74) is 0. The van der Waals surface area contributed by atoms with Crippen molar-refractivity contribution in [3.05, 3.63) is 0 Å². The van der Waals surface area contributed by atoms with Crippen LogP contribution in [0.4, 0.5) is 0 Å². The number of rotatable bonds is 3. The van der Waals surface area contributed by atoms with Gasteiger partial charge in [0, 0.05) is 18.6 Å². The molecule has 0 amide bonds. The summed E-state index contributed by atoms with van der Waals surface area (Å²) in [6.45, 7) is 9.63. The third kappa shape index (κ3) is 3.32. The predicted molar refractivity (Wildman–Crippen MR) is 55.7 cm³/mol. The molecule has 2 unspecified atom stereocenters. The highest BCUT2D eigenvalue weighted by molar-refractivity contribution is 6.44. The molecule has 0 radical (unpaired) electrons. The summed E-state index contributed by atoms with van der Waals surface area (Å²) in [6, 6.07) is 0. The van der Waals surface area contributed by atoms with Gasteiger partial charge in [0.25, 0.3) is 0 Å². The number of hydrogen-bond acceptors (Lipinski definition) is 2. The van der Waals surface area contributed by atoms with E-state index in [1.54, 1.807) is 0 Å². The van der Waals surface area contributed by atoms with Crippen LogP contribution in [0.1, 0.15) is 34.1 Å². The second-order valence-electron chi connectivity index (χ2n) is 4.40. The zero-order valence-corrected chi connectivity index (χ0v) is 9.25. The van der Waals surface area contributed by atoms with Gasteiger partial charge in [-0.25, -0.2) is 0 Å². The maximum Gasteiger partial charge on any atom is 0.456 e. The van der Waals surface area contributed by atoms with Gasteiger partial charge in [0.2, 0.25) is 0 Å². The van der Waals surface area contributed by atoms with Gasteiger partial charge in [-0.05, 0) is 25.6 Å². The summed E-state index contributed by atoms with van der Waals surface area (Å²) in [7, 11) is 0.0402. The van der Waals surface area contributed by atoms with E-state index < -0.39 is 0 Å². The van der Waals surface area contributed by atoms with E-state index in [9.17, 15) is 0 Å². The van der Waals surface area contributed by atoms with Crippen molar-refractivity contribution < 1.29 is 9.31 Å². The van der Waals surface area contributed by atoms with Crippen molar-refractivity contribution in [3.8, 4) is 0 Å². The molecule has 13 heavy (non-hydrogen) atoms. The van der Waals surface area contributed by atoms with Crippen LogP contribution in [0.25, 0.3) is 0 Å². The third-order valence-electron chi connectivity index (χ3n) is 2.63. The molecule has 0 saturated carbocycles. The average molecular weight is 184 g/mol. The maximum absolute atomic E-state index is 5.73. The van der Waals surface area contributed by atoms with Crippen LogP contribution in [0, 0.1) is 11.8 Å². The average Bonchev–Trinajstić information content (AvgIpc) is 2.08. The van der Waals surface area contributed by atoms with Crippen LogP contribution in [0.15, 0.2) is 0 Å². The van der Waals surface area contributed by atoms with E-state index in [1.807, 2.05) is 0 Å². The maximum atomic E-state index is 5.73. The smallest absolute Gasteiger partial charge is 0.411 e. The van der Waals surface area contributed by atoms with Gasteiger partial charge >= 0.3 is 7.12 Å². The molecular weight excluding hydrogens is 163 g/mol. The minimum absolute atomic E-state index is 0.0402. The summed E-state index contributed by atoms with van der Waals surface area (Å²) < 4.78 is 11.3. The Labute approximate surface area is 82.1 Å². The molecule has 0 aromatic heterocycles. The molecule has 0 spiro atoms. The van der Waals surface area contributed by atoms with Crippen LogP contribution >= 0.6 is 0 Å². The van der Waals surface area contributed by atoms with Crippen LogP contribution in [0.5, 0.6) is 0 Å². The van der Waals surface area contributed by atoms with Crippen LogP contribution in [-0.2, 0) is 9.31 Å². The molecule has 1 heterocycles. The first-order valence-corrected chi connectivity index (χ1v) is 5.40. The molecule has 76 valence electrons. The standard InChI is InChI=1S/C10H21BO2/c1-5-11-12-7-10(6-8(2)3)9(4)13-11/h8-10H,5-7H2,1-4H3. The normalized spacial score (nSPS) is 29.8. The summed E-state index contributed by atoms with van der Waals surface area (Å²) in [6.07, 6.45) is 2.53. The molecule has 0 aromatic rings. The van der Waals surface area contributed by atoms with Crippen molar-refractivity contribution in [2.45, 2.75) is 46.5 Å². The zero-order chi connectivity index (χ0) is 9.84. The SMILES string of the molecule is CCB1OCC(CC(C)C)C(C)O1. The molecule has 0 bridgehead atoms. The molecule has 3 heteroatoms. The highest BCUT2D eigenvalue weighted by Gasteiger charge is 2.31. The van der Waals surface area contributed by atoms with Gasteiger partial charge in [0.15, 0.2) is 0 Å². The minimum Gasteiger partial charge on any atom is -0.411 e. The van der Waals surface area contributed by atoms with Gasteiger partial charge in [0.05, 0.1) is 0 Å². The first-order valence-electron chi connectivity index (χ1n) is 5.40. The Morgan fingerprint density at radius 3 is 2.62 bits per heavy atom. The summed E-state index contributed by atoms with van der Waals surface area (Å²) in [5, 5.41) is 0. The van der Waals surface area contributed by atoms with Crippen molar-refractivity contribution in [2.24, 2.45) is 11.8 Å². The van der Waals surface area contributed by atoms with Gasteiger partial charge < -0.3 is 9.31 Å². The molecule has 1 saturated heterocycles. The Bertz CT molecular complexity index is 150. The summed E-state index contributed by atoms with van der Waals surface area (Å²) >= 11 is 0. The molecule has 0 aromatic carbocycles. The van der Waals surface area contributed by atoms with Gasteiger partial charge in [-0.1, -0.05) is 20.8 Å². The fourth-order valence-corrected chi connectivity index (χ4v) is 1.84. The molecule has 0 N–H and O–H groups in total. The van der Waals surface area contributed by atoms with Gasteiger partial charge in [-0.2, -0.15) is 0 Å². The molecule has 1 fully saturated rings. The van der Waals surface area contributed by atoms with Crippen LogP contribution in [0.3, 0.4) is 0 Å². The Morgan fingerprint density at radius 1 is 1.46 bits per heavy atom. The molecule has 2 nitrogen and oxygen atoms in total. The van der Waals surface area contributed by atoms with E-state index in [-0.39, 0.29) is 7.12 Å². The Balaban J connectivity index is 2.35. The molecule has 2 atom stereocenters. The lowest BCUT2D eigenvalue weighted by atomic mass is 9.81. The second-order valence-corrected chi connectivity index (χ2v) is 4.40. The zero-order valence-electron chi connectivity index (χ0n) is 9.25. The van der Waals surface area contributed by atoms with Crippen LogP contribution < -0.4 is 0 Å². The lowest BCUT2D eigenvalue weighted by Crippen LogP contribution is -2.41. The largest absolute Gasteiger partial charge is 0.456 e.